The van der Waals surface area contributed by atoms with Crippen LogP contribution in [0.25, 0.3) is 6.08 Å². The van der Waals surface area contributed by atoms with Gasteiger partial charge in [-0.05, 0) is 67.7 Å². The van der Waals surface area contributed by atoms with Crippen molar-refractivity contribution in [2.75, 3.05) is 20.3 Å². The van der Waals surface area contributed by atoms with Gasteiger partial charge in [-0.1, -0.05) is 30.3 Å². The van der Waals surface area contributed by atoms with E-state index >= 15 is 0 Å². The zero-order valence-corrected chi connectivity index (χ0v) is 18.6. The molecule has 2 aromatic rings. The van der Waals surface area contributed by atoms with E-state index in [1.54, 1.807) is 38.3 Å². The fourth-order valence-electron chi connectivity index (χ4n) is 3.53. The van der Waals surface area contributed by atoms with Crippen molar-refractivity contribution in [2.45, 2.75) is 38.7 Å². The maximum absolute atomic E-state index is 12.5. The van der Waals surface area contributed by atoms with Crippen LogP contribution >= 0.6 is 0 Å². The Hall–Kier alpha value is -3.41. The third-order valence-electron chi connectivity index (χ3n) is 5.19. The highest BCUT2D eigenvalue weighted by Crippen LogP contribution is 2.23. The highest BCUT2D eigenvalue weighted by molar-refractivity contribution is 6.04. The van der Waals surface area contributed by atoms with Crippen LogP contribution in [-0.4, -0.2) is 44.0 Å². The normalized spacial score (nSPS) is 15.6. The Bertz CT molecular complexity index is 963. The Morgan fingerprint density at radius 2 is 1.84 bits per heavy atom. The van der Waals surface area contributed by atoms with Crippen molar-refractivity contribution in [3.05, 3.63) is 71.3 Å². The molecule has 1 aliphatic heterocycles. The molecule has 0 amide bonds. The van der Waals surface area contributed by atoms with Crippen LogP contribution < -0.4 is 4.74 Å². The van der Waals surface area contributed by atoms with E-state index in [9.17, 15) is 9.59 Å². The molecule has 0 spiro atoms. The van der Waals surface area contributed by atoms with E-state index in [2.05, 4.69) is 11.1 Å². The minimum Gasteiger partial charge on any atom is -0.497 e. The highest BCUT2D eigenvalue weighted by Gasteiger charge is 2.26. The van der Waals surface area contributed by atoms with Gasteiger partial charge in [0.05, 0.1) is 19.3 Å². The SMILES string of the molecule is CCOC(=O)[C@H](CCC1=NCCC/C1=C\c1ccc(OC)cc1)OC(=O)c1ccccc1. The third-order valence-corrected chi connectivity index (χ3v) is 5.19. The molecule has 3 rings (SSSR count). The van der Waals surface area contributed by atoms with Gasteiger partial charge < -0.3 is 14.2 Å². The van der Waals surface area contributed by atoms with Crippen LogP contribution in [0.15, 0.2) is 65.2 Å². The van der Waals surface area contributed by atoms with E-state index < -0.39 is 18.0 Å². The topological polar surface area (TPSA) is 74.2 Å². The van der Waals surface area contributed by atoms with E-state index in [0.717, 1.165) is 42.0 Å². The minimum absolute atomic E-state index is 0.224. The molecule has 1 heterocycles. The number of nitrogens with zero attached hydrogens (tertiary/aromatic N) is 1. The molecule has 0 aromatic heterocycles. The predicted octanol–water partition coefficient (Wildman–Crippen LogP) is 4.88. The first kappa shape index (κ1) is 23.3. The standard InChI is InChI=1S/C26H29NO5/c1-3-31-26(29)24(32-25(28)20-8-5-4-6-9-20)16-15-23-21(10-7-17-27-23)18-19-11-13-22(30-2)14-12-19/h4-6,8-9,11-14,18,24H,3,7,10,15-17H2,1-2H3/b21-18+/t24-/m0/s1. The number of aliphatic imine (C=N–C) groups is 1. The summed E-state index contributed by atoms with van der Waals surface area (Å²) in [6.45, 7) is 2.71. The first-order valence-corrected chi connectivity index (χ1v) is 10.9. The summed E-state index contributed by atoms with van der Waals surface area (Å²) in [5.41, 5.74) is 3.54. The van der Waals surface area contributed by atoms with Gasteiger partial charge in [-0.15, -0.1) is 0 Å². The maximum atomic E-state index is 12.5. The molecule has 6 nitrogen and oxygen atoms in total. The lowest BCUT2D eigenvalue weighted by Gasteiger charge is -2.20. The maximum Gasteiger partial charge on any atom is 0.347 e. The molecular formula is C26H29NO5. The zero-order chi connectivity index (χ0) is 22.8. The van der Waals surface area contributed by atoms with E-state index in [0.29, 0.717) is 18.4 Å². The number of hydrogen-bond acceptors (Lipinski definition) is 6. The van der Waals surface area contributed by atoms with E-state index in [-0.39, 0.29) is 6.61 Å². The lowest BCUT2D eigenvalue weighted by molar-refractivity contribution is -0.153. The van der Waals surface area contributed by atoms with Gasteiger partial charge >= 0.3 is 11.9 Å². The molecule has 0 bridgehead atoms. The van der Waals surface area contributed by atoms with Crippen LogP contribution in [0.1, 0.15) is 48.5 Å². The molecule has 0 saturated carbocycles. The molecule has 6 heteroatoms. The summed E-state index contributed by atoms with van der Waals surface area (Å²) in [5, 5.41) is 0. The van der Waals surface area contributed by atoms with Gasteiger partial charge in [0.15, 0.2) is 6.10 Å². The molecule has 0 saturated heterocycles. The summed E-state index contributed by atoms with van der Waals surface area (Å²) in [6.07, 6.45) is 3.87. The molecule has 0 N–H and O–H groups in total. The Morgan fingerprint density at radius 1 is 1.09 bits per heavy atom. The number of allylic oxidation sites excluding steroid dienone is 1. The van der Waals surface area contributed by atoms with E-state index in [4.69, 9.17) is 14.2 Å². The number of rotatable bonds is 9. The van der Waals surface area contributed by atoms with Gasteiger partial charge in [-0.25, -0.2) is 9.59 Å². The molecule has 1 aliphatic rings. The van der Waals surface area contributed by atoms with Crippen molar-refractivity contribution < 1.29 is 23.8 Å². The second kappa shape index (κ2) is 11.8. The smallest absolute Gasteiger partial charge is 0.347 e. The number of carbonyl (C=O) groups is 2. The van der Waals surface area contributed by atoms with Gasteiger partial charge in [-0.2, -0.15) is 0 Å². The summed E-state index contributed by atoms with van der Waals surface area (Å²) in [7, 11) is 1.64. The van der Waals surface area contributed by atoms with E-state index in [1.165, 1.54) is 0 Å². The molecule has 0 unspecified atom stereocenters. The highest BCUT2D eigenvalue weighted by atomic mass is 16.6. The summed E-state index contributed by atoms with van der Waals surface area (Å²) >= 11 is 0. The first-order valence-electron chi connectivity index (χ1n) is 10.9. The lowest BCUT2D eigenvalue weighted by atomic mass is 9.95. The molecule has 2 aromatic carbocycles. The monoisotopic (exact) mass is 435 g/mol. The Balaban J connectivity index is 1.71. The van der Waals surface area contributed by atoms with Crippen molar-refractivity contribution >= 4 is 23.7 Å². The van der Waals surface area contributed by atoms with Crippen molar-refractivity contribution in [3.63, 3.8) is 0 Å². The Labute approximate surface area is 188 Å². The molecule has 0 radical (unpaired) electrons. The second-order valence-corrected chi connectivity index (χ2v) is 7.43. The van der Waals surface area contributed by atoms with Crippen LogP contribution in [0.4, 0.5) is 0 Å². The van der Waals surface area contributed by atoms with Crippen LogP contribution in [0.2, 0.25) is 0 Å². The molecule has 168 valence electrons. The molecule has 0 aliphatic carbocycles. The van der Waals surface area contributed by atoms with Gasteiger partial charge in [0.2, 0.25) is 0 Å². The summed E-state index contributed by atoms with van der Waals surface area (Å²) in [4.78, 5) is 29.6. The molecule has 1 atom stereocenters. The Kier molecular flexibility index (Phi) is 8.61. The van der Waals surface area contributed by atoms with Crippen molar-refractivity contribution in [1.82, 2.24) is 0 Å². The van der Waals surface area contributed by atoms with Gasteiger partial charge in [0, 0.05) is 18.7 Å². The molecular weight excluding hydrogens is 406 g/mol. The number of benzene rings is 2. The number of esters is 2. The number of ether oxygens (including phenoxy) is 3. The summed E-state index contributed by atoms with van der Waals surface area (Å²) < 4.78 is 15.9. The average molecular weight is 436 g/mol. The number of carbonyl (C=O) groups excluding carboxylic acids is 2. The van der Waals surface area contributed by atoms with Gasteiger partial charge in [0.1, 0.15) is 5.75 Å². The second-order valence-electron chi connectivity index (χ2n) is 7.43. The van der Waals surface area contributed by atoms with Crippen LogP contribution in [0.3, 0.4) is 0 Å². The van der Waals surface area contributed by atoms with Crippen molar-refractivity contribution in [2.24, 2.45) is 4.99 Å². The summed E-state index contributed by atoms with van der Waals surface area (Å²) in [6, 6.07) is 16.5. The van der Waals surface area contributed by atoms with Crippen molar-refractivity contribution in [3.8, 4) is 5.75 Å². The molecule has 0 fully saturated rings. The number of methoxy groups -OCH3 is 1. The van der Waals surface area contributed by atoms with Crippen molar-refractivity contribution in [1.29, 1.82) is 0 Å². The zero-order valence-electron chi connectivity index (χ0n) is 18.6. The lowest BCUT2D eigenvalue weighted by Crippen LogP contribution is -2.30. The number of hydrogen-bond donors (Lipinski definition) is 0. The first-order chi connectivity index (χ1) is 15.6. The van der Waals surface area contributed by atoms with Gasteiger partial charge in [-0.3, -0.25) is 4.99 Å². The Morgan fingerprint density at radius 3 is 2.53 bits per heavy atom. The minimum atomic E-state index is -0.977. The summed E-state index contributed by atoms with van der Waals surface area (Å²) in [5.74, 6) is -0.265. The van der Waals surface area contributed by atoms with Crippen LogP contribution in [0.5, 0.6) is 5.75 Å². The quantitative estimate of drug-likeness (QED) is 0.525. The largest absolute Gasteiger partial charge is 0.497 e. The predicted molar refractivity (Wildman–Crippen MR) is 124 cm³/mol. The van der Waals surface area contributed by atoms with Crippen LogP contribution in [-0.2, 0) is 14.3 Å². The third kappa shape index (κ3) is 6.54. The fourth-order valence-corrected chi connectivity index (χ4v) is 3.53. The van der Waals surface area contributed by atoms with Crippen LogP contribution in [0, 0.1) is 0 Å². The fraction of sp³-hybridized carbons (Fsp3) is 0.346. The molecule has 32 heavy (non-hydrogen) atoms. The van der Waals surface area contributed by atoms with E-state index in [1.807, 2.05) is 30.3 Å². The van der Waals surface area contributed by atoms with Gasteiger partial charge in [0.25, 0.3) is 0 Å². The average Bonchev–Trinajstić information content (AvgIpc) is 2.83.